The first kappa shape index (κ1) is 16.4. The van der Waals surface area contributed by atoms with Crippen LogP contribution in [0.3, 0.4) is 0 Å². The minimum Gasteiger partial charge on any atom is -0.506 e. The Morgan fingerprint density at radius 2 is 1.83 bits per heavy atom. The molecule has 0 bridgehead atoms. The number of aromatic nitrogens is 1. The number of phenols is 1. The Balaban J connectivity index is 1.86. The molecule has 9 heteroatoms. The number of carboxylic acids is 1. The molecule has 0 radical (unpaired) electrons. The molecule has 3 rings (SSSR count). The molecule has 1 aliphatic heterocycles. The molecule has 24 heavy (non-hydrogen) atoms. The quantitative estimate of drug-likeness (QED) is 0.485. The molecule has 0 saturated carbocycles. The summed E-state index contributed by atoms with van der Waals surface area (Å²) in [6, 6.07) is 7.84. The molecule has 0 aliphatic carbocycles. The number of hydrogen-bond donors (Lipinski definition) is 5. The maximum absolute atomic E-state index is 11.1. The Bertz CT molecular complexity index is 766. The number of aliphatic carboxylic acids is 1. The average Bonchev–Trinajstić information content (AvgIpc) is 2.56. The van der Waals surface area contributed by atoms with Gasteiger partial charge >= 0.3 is 5.97 Å². The molecule has 2 heterocycles. The van der Waals surface area contributed by atoms with E-state index in [1.165, 1.54) is 12.1 Å². The predicted octanol–water partition coefficient (Wildman–Crippen LogP) is -0.789. The predicted molar refractivity (Wildman–Crippen MR) is 78.4 cm³/mol. The van der Waals surface area contributed by atoms with Crippen LogP contribution in [0, 0.1) is 0 Å². The number of hydrogen-bond acceptors (Lipinski definition) is 8. The lowest BCUT2D eigenvalue weighted by atomic mass is 9.99. The highest BCUT2D eigenvalue weighted by Gasteiger charge is 2.48. The van der Waals surface area contributed by atoms with Crippen molar-refractivity contribution in [3.63, 3.8) is 0 Å². The third kappa shape index (κ3) is 2.85. The summed E-state index contributed by atoms with van der Waals surface area (Å²) in [6.45, 7) is 0. The van der Waals surface area contributed by atoms with Gasteiger partial charge in [-0.15, -0.1) is 0 Å². The largest absolute Gasteiger partial charge is 0.506 e. The van der Waals surface area contributed by atoms with Gasteiger partial charge < -0.3 is 35.0 Å². The molecule has 0 amide bonds. The molecule has 1 aromatic heterocycles. The molecule has 2 aromatic rings. The maximum Gasteiger partial charge on any atom is 0.335 e. The van der Waals surface area contributed by atoms with E-state index in [0.29, 0.717) is 5.39 Å². The minimum absolute atomic E-state index is 0.0548. The first-order chi connectivity index (χ1) is 11.4. The summed E-state index contributed by atoms with van der Waals surface area (Å²) in [4.78, 5) is 15.1. The van der Waals surface area contributed by atoms with E-state index in [9.17, 15) is 25.2 Å². The number of carbonyl (C=O) groups is 1. The van der Waals surface area contributed by atoms with Crippen LogP contribution in [-0.2, 0) is 9.53 Å². The topological polar surface area (TPSA) is 150 Å². The average molecular weight is 337 g/mol. The van der Waals surface area contributed by atoms with Crippen molar-refractivity contribution in [1.82, 2.24) is 4.98 Å². The number of nitrogens with zero attached hydrogens (tertiary/aromatic N) is 1. The minimum atomic E-state index is -1.80. The fraction of sp³-hybridized carbons (Fsp3) is 0.333. The van der Waals surface area contributed by atoms with Gasteiger partial charge in [0.2, 0.25) is 12.2 Å². The number of ether oxygens (including phenoxy) is 2. The van der Waals surface area contributed by atoms with Crippen molar-refractivity contribution in [2.24, 2.45) is 0 Å². The fourth-order valence-electron chi connectivity index (χ4n) is 2.45. The Labute approximate surface area is 135 Å². The number of para-hydroxylation sites is 1. The van der Waals surface area contributed by atoms with Crippen LogP contribution >= 0.6 is 0 Å². The molecule has 1 unspecified atom stereocenters. The Kier molecular flexibility index (Phi) is 4.24. The van der Waals surface area contributed by atoms with E-state index in [0.717, 1.165) is 0 Å². The molecular weight excluding hydrogens is 322 g/mol. The van der Waals surface area contributed by atoms with E-state index in [4.69, 9.17) is 14.6 Å². The molecule has 1 saturated heterocycles. The van der Waals surface area contributed by atoms with Gasteiger partial charge in [0.05, 0.1) is 0 Å². The second-order valence-electron chi connectivity index (χ2n) is 5.35. The van der Waals surface area contributed by atoms with Crippen molar-refractivity contribution in [2.45, 2.75) is 30.7 Å². The van der Waals surface area contributed by atoms with E-state index < -0.39 is 36.7 Å². The van der Waals surface area contributed by atoms with Crippen LogP contribution < -0.4 is 4.74 Å². The molecular formula is C15H15NO8. The van der Waals surface area contributed by atoms with Crippen LogP contribution in [0.15, 0.2) is 30.3 Å². The van der Waals surface area contributed by atoms with Crippen molar-refractivity contribution in [3.05, 3.63) is 30.3 Å². The molecule has 9 nitrogen and oxygen atoms in total. The monoisotopic (exact) mass is 337 g/mol. The van der Waals surface area contributed by atoms with Gasteiger partial charge in [-0.25, -0.2) is 9.78 Å². The summed E-state index contributed by atoms with van der Waals surface area (Å²) >= 11 is 0. The highest BCUT2D eigenvalue weighted by molar-refractivity contribution is 5.84. The molecule has 128 valence electrons. The SMILES string of the molecule is O=C(O)[C@H]1OC(Oc2ccc3cccc(O)c3n2)[C@H](O)[C@@H](O)[C@@H]1O. The Morgan fingerprint density at radius 3 is 2.54 bits per heavy atom. The number of rotatable bonds is 3. The lowest BCUT2D eigenvalue weighted by molar-refractivity contribution is -0.271. The van der Waals surface area contributed by atoms with Crippen LogP contribution in [0.1, 0.15) is 0 Å². The molecule has 1 aromatic carbocycles. The normalized spacial score (nSPS) is 30.2. The van der Waals surface area contributed by atoms with E-state index >= 15 is 0 Å². The molecule has 1 aliphatic rings. The maximum atomic E-state index is 11.1. The van der Waals surface area contributed by atoms with E-state index in [-0.39, 0.29) is 17.1 Å². The number of benzene rings is 1. The zero-order valence-electron chi connectivity index (χ0n) is 12.2. The number of aliphatic hydroxyl groups is 3. The lowest BCUT2D eigenvalue weighted by Crippen LogP contribution is -2.61. The molecule has 5 atom stereocenters. The van der Waals surface area contributed by atoms with Crippen LogP contribution in [0.5, 0.6) is 11.6 Å². The zero-order chi connectivity index (χ0) is 17.4. The van der Waals surface area contributed by atoms with E-state index in [2.05, 4.69) is 4.98 Å². The fourth-order valence-corrected chi connectivity index (χ4v) is 2.45. The van der Waals surface area contributed by atoms with Crippen molar-refractivity contribution >= 4 is 16.9 Å². The molecule has 0 spiro atoms. The van der Waals surface area contributed by atoms with Crippen molar-refractivity contribution < 1.29 is 39.8 Å². The smallest absolute Gasteiger partial charge is 0.335 e. The summed E-state index contributed by atoms with van der Waals surface area (Å²) in [7, 11) is 0. The summed E-state index contributed by atoms with van der Waals surface area (Å²) in [5, 5.41) is 48.7. The number of aliphatic hydroxyl groups excluding tert-OH is 3. The van der Waals surface area contributed by atoms with Crippen molar-refractivity contribution in [1.29, 1.82) is 0 Å². The first-order valence-electron chi connectivity index (χ1n) is 7.06. The molecule has 1 fully saturated rings. The van der Waals surface area contributed by atoms with Gasteiger partial charge in [0, 0.05) is 11.5 Å². The second-order valence-corrected chi connectivity index (χ2v) is 5.35. The number of pyridine rings is 1. The van der Waals surface area contributed by atoms with Gasteiger partial charge in [0.1, 0.15) is 29.6 Å². The zero-order valence-corrected chi connectivity index (χ0v) is 12.2. The van der Waals surface area contributed by atoms with Gasteiger partial charge in [-0.3, -0.25) is 0 Å². The third-order valence-corrected chi connectivity index (χ3v) is 3.72. The first-order valence-corrected chi connectivity index (χ1v) is 7.06. The van der Waals surface area contributed by atoms with Gasteiger partial charge in [-0.2, -0.15) is 0 Å². The van der Waals surface area contributed by atoms with E-state index in [1.54, 1.807) is 18.2 Å². The van der Waals surface area contributed by atoms with Gasteiger partial charge in [0.15, 0.2) is 6.10 Å². The number of carboxylic acid groups (broad SMARTS) is 1. The van der Waals surface area contributed by atoms with Crippen LogP contribution in [-0.4, -0.2) is 67.2 Å². The highest BCUT2D eigenvalue weighted by atomic mass is 16.7. The van der Waals surface area contributed by atoms with Gasteiger partial charge in [-0.1, -0.05) is 12.1 Å². The van der Waals surface area contributed by atoms with Crippen LogP contribution in [0.25, 0.3) is 10.9 Å². The second kappa shape index (κ2) is 6.21. The van der Waals surface area contributed by atoms with E-state index in [1.807, 2.05) is 0 Å². The van der Waals surface area contributed by atoms with Gasteiger partial charge in [0.25, 0.3) is 0 Å². The summed E-state index contributed by atoms with van der Waals surface area (Å²) < 4.78 is 10.3. The number of aromatic hydroxyl groups is 1. The number of phenolic OH excluding ortho intramolecular Hbond substituents is 1. The Morgan fingerprint density at radius 1 is 1.08 bits per heavy atom. The van der Waals surface area contributed by atoms with Crippen molar-refractivity contribution in [3.8, 4) is 11.6 Å². The third-order valence-electron chi connectivity index (χ3n) is 3.72. The summed E-state index contributed by atoms with van der Waals surface area (Å²) in [6.07, 6.45) is -8.57. The van der Waals surface area contributed by atoms with Gasteiger partial charge in [-0.05, 0) is 12.1 Å². The lowest BCUT2D eigenvalue weighted by Gasteiger charge is -2.38. The molecule has 5 N–H and O–H groups in total. The summed E-state index contributed by atoms with van der Waals surface area (Å²) in [5.41, 5.74) is 0.246. The number of fused-ring (bicyclic) bond motifs is 1. The highest BCUT2D eigenvalue weighted by Crippen LogP contribution is 2.27. The van der Waals surface area contributed by atoms with Crippen molar-refractivity contribution in [2.75, 3.05) is 0 Å². The standard InChI is InChI=1S/C15H15NO8/c17-7-3-1-2-6-4-5-8(16-9(6)7)23-15-12(20)10(18)11(19)13(24-15)14(21)22/h1-5,10-13,15,17-20H,(H,21,22)/t10-,11-,12+,13-,15?/m0/s1. The van der Waals surface area contributed by atoms with Crippen LogP contribution in [0.4, 0.5) is 0 Å². The Hall–Kier alpha value is -2.46. The summed E-state index contributed by atoms with van der Waals surface area (Å²) in [5.74, 6) is -1.64. The van der Waals surface area contributed by atoms with Crippen LogP contribution in [0.2, 0.25) is 0 Å².